The lowest BCUT2D eigenvalue weighted by Crippen LogP contribution is -2.49. The van der Waals surface area contributed by atoms with Crippen LogP contribution in [0.3, 0.4) is 0 Å². The highest BCUT2D eigenvalue weighted by molar-refractivity contribution is 5.94. The predicted octanol–water partition coefficient (Wildman–Crippen LogP) is 2.83. The molecule has 1 saturated heterocycles. The molecule has 8 nitrogen and oxygen atoms in total. The van der Waals surface area contributed by atoms with Crippen molar-refractivity contribution >= 4 is 11.7 Å². The van der Waals surface area contributed by atoms with E-state index in [1.165, 1.54) is 18.5 Å². The molecule has 0 spiro atoms. The molecule has 4 rings (SSSR count). The van der Waals surface area contributed by atoms with E-state index < -0.39 is 12.1 Å². The lowest BCUT2D eigenvalue weighted by Gasteiger charge is -2.35. The molecule has 11 heteroatoms. The summed E-state index contributed by atoms with van der Waals surface area (Å²) in [6, 6.07) is 6.96. The van der Waals surface area contributed by atoms with Crippen LogP contribution >= 0.6 is 0 Å². The number of aromatic nitrogens is 4. The van der Waals surface area contributed by atoms with Gasteiger partial charge in [-0.05, 0) is 25.1 Å². The second-order valence-electron chi connectivity index (χ2n) is 6.93. The first-order valence-corrected chi connectivity index (χ1v) is 9.52. The molecule has 0 unspecified atom stereocenters. The SMILES string of the molecule is Cc1nccn1-c1cc(N2CCN(C(=O)c3cccc(OC(F)(F)F)c3)CC2)ncn1. The van der Waals surface area contributed by atoms with Gasteiger partial charge in [0, 0.05) is 50.2 Å². The quantitative estimate of drug-likeness (QED) is 0.631. The van der Waals surface area contributed by atoms with Gasteiger partial charge >= 0.3 is 6.36 Å². The minimum Gasteiger partial charge on any atom is -0.406 e. The Morgan fingerprint density at radius 3 is 2.45 bits per heavy atom. The second kappa shape index (κ2) is 8.25. The number of rotatable bonds is 4. The van der Waals surface area contributed by atoms with Crippen LogP contribution in [0.2, 0.25) is 0 Å². The van der Waals surface area contributed by atoms with Crippen molar-refractivity contribution in [1.29, 1.82) is 0 Å². The van der Waals surface area contributed by atoms with Crippen LogP contribution in [0.1, 0.15) is 16.2 Å². The fourth-order valence-corrected chi connectivity index (χ4v) is 3.41. The molecule has 3 heterocycles. The highest BCUT2D eigenvalue weighted by Crippen LogP contribution is 2.24. The number of amides is 1. The van der Waals surface area contributed by atoms with Crippen LogP contribution in [0.15, 0.2) is 49.1 Å². The molecular formula is C20H19F3N6O2. The highest BCUT2D eigenvalue weighted by Gasteiger charge is 2.31. The molecule has 1 aromatic carbocycles. The van der Waals surface area contributed by atoms with Gasteiger partial charge in [0.15, 0.2) is 0 Å². The number of hydrogen-bond donors (Lipinski definition) is 0. The summed E-state index contributed by atoms with van der Waals surface area (Å²) in [4.78, 5) is 29.2. The number of halogens is 3. The normalized spacial score (nSPS) is 14.6. The molecule has 0 bridgehead atoms. The van der Waals surface area contributed by atoms with Gasteiger partial charge in [-0.15, -0.1) is 13.2 Å². The zero-order valence-corrected chi connectivity index (χ0v) is 16.6. The largest absolute Gasteiger partial charge is 0.573 e. The summed E-state index contributed by atoms with van der Waals surface area (Å²) in [7, 11) is 0. The van der Waals surface area contributed by atoms with Crippen molar-refractivity contribution in [2.45, 2.75) is 13.3 Å². The Kier molecular flexibility index (Phi) is 5.49. The van der Waals surface area contributed by atoms with Gasteiger partial charge in [0.1, 0.15) is 29.5 Å². The van der Waals surface area contributed by atoms with Crippen molar-refractivity contribution in [3.8, 4) is 11.6 Å². The Morgan fingerprint density at radius 1 is 1.03 bits per heavy atom. The Bertz CT molecular complexity index is 1080. The molecule has 0 N–H and O–H groups in total. The summed E-state index contributed by atoms with van der Waals surface area (Å²) >= 11 is 0. The van der Waals surface area contributed by atoms with E-state index in [0.717, 1.165) is 23.8 Å². The maximum Gasteiger partial charge on any atom is 0.573 e. The third kappa shape index (κ3) is 4.76. The molecule has 0 aliphatic carbocycles. The third-order valence-electron chi connectivity index (χ3n) is 4.92. The van der Waals surface area contributed by atoms with Gasteiger partial charge in [0.05, 0.1) is 0 Å². The van der Waals surface area contributed by atoms with E-state index in [4.69, 9.17) is 0 Å². The highest BCUT2D eigenvalue weighted by atomic mass is 19.4. The number of carbonyl (C=O) groups excluding carboxylic acids is 1. The minimum atomic E-state index is -4.81. The summed E-state index contributed by atoms with van der Waals surface area (Å²) in [6.07, 6.45) is 0.178. The van der Waals surface area contributed by atoms with Gasteiger partial charge in [-0.2, -0.15) is 0 Å². The molecule has 2 aromatic heterocycles. The van der Waals surface area contributed by atoms with E-state index in [1.807, 2.05) is 28.7 Å². The van der Waals surface area contributed by atoms with Gasteiger partial charge in [0.2, 0.25) is 0 Å². The molecule has 0 radical (unpaired) electrons. The molecular weight excluding hydrogens is 413 g/mol. The smallest absolute Gasteiger partial charge is 0.406 e. The number of piperazine rings is 1. The van der Waals surface area contributed by atoms with Gasteiger partial charge in [-0.3, -0.25) is 9.36 Å². The van der Waals surface area contributed by atoms with E-state index >= 15 is 0 Å². The first-order valence-electron chi connectivity index (χ1n) is 9.52. The number of nitrogens with zero attached hydrogens (tertiary/aromatic N) is 6. The van der Waals surface area contributed by atoms with Crippen molar-refractivity contribution in [1.82, 2.24) is 24.4 Å². The summed E-state index contributed by atoms with van der Waals surface area (Å²) in [5, 5.41) is 0. The van der Waals surface area contributed by atoms with Crippen LogP contribution in [-0.4, -0.2) is 62.9 Å². The third-order valence-corrected chi connectivity index (χ3v) is 4.92. The molecule has 0 atom stereocenters. The molecule has 162 valence electrons. The number of alkyl halides is 3. The van der Waals surface area contributed by atoms with Crippen LogP contribution in [0, 0.1) is 6.92 Å². The van der Waals surface area contributed by atoms with Crippen LogP contribution in [0.5, 0.6) is 5.75 Å². The summed E-state index contributed by atoms with van der Waals surface area (Å²) in [5.74, 6) is 1.47. The Morgan fingerprint density at radius 2 is 1.77 bits per heavy atom. The number of imidazole rings is 1. The van der Waals surface area contributed by atoms with E-state index in [2.05, 4.69) is 19.7 Å². The van der Waals surface area contributed by atoms with Crippen LogP contribution in [0.25, 0.3) is 5.82 Å². The first-order chi connectivity index (χ1) is 14.8. The monoisotopic (exact) mass is 432 g/mol. The number of hydrogen-bond acceptors (Lipinski definition) is 6. The molecule has 3 aromatic rings. The summed E-state index contributed by atoms with van der Waals surface area (Å²) < 4.78 is 43.1. The maximum absolute atomic E-state index is 12.7. The second-order valence-corrected chi connectivity index (χ2v) is 6.93. The number of aryl methyl sites for hydroxylation is 1. The fraction of sp³-hybridized carbons (Fsp3) is 0.300. The maximum atomic E-state index is 12.7. The average molecular weight is 432 g/mol. The molecule has 0 saturated carbocycles. The van der Waals surface area contributed by atoms with E-state index in [-0.39, 0.29) is 11.5 Å². The first kappa shape index (κ1) is 20.6. The Balaban J connectivity index is 1.42. The number of anilines is 1. The summed E-state index contributed by atoms with van der Waals surface area (Å²) in [6.45, 7) is 3.76. The molecule has 31 heavy (non-hydrogen) atoms. The number of ether oxygens (including phenoxy) is 1. The zero-order chi connectivity index (χ0) is 22.0. The van der Waals surface area contributed by atoms with Gasteiger partial charge in [-0.1, -0.05) is 6.07 Å². The fourth-order valence-electron chi connectivity index (χ4n) is 3.41. The van der Waals surface area contributed by atoms with Crippen molar-refractivity contribution in [2.24, 2.45) is 0 Å². The van der Waals surface area contributed by atoms with Crippen molar-refractivity contribution in [3.05, 3.63) is 60.4 Å². The van der Waals surface area contributed by atoms with E-state index in [0.29, 0.717) is 32.0 Å². The lowest BCUT2D eigenvalue weighted by molar-refractivity contribution is -0.274. The topological polar surface area (TPSA) is 76.4 Å². The predicted molar refractivity (Wildman–Crippen MR) is 105 cm³/mol. The van der Waals surface area contributed by atoms with Crippen LogP contribution in [-0.2, 0) is 0 Å². The molecule has 1 amide bonds. The molecule has 1 aliphatic heterocycles. The van der Waals surface area contributed by atoms with Crippen molar-refractivity contribution in [3.63, 3.8) is 0 Å². The van der Waals surface area contributed by atoms with Gasteiger partial charge in [-0.25, -0.2) is 15.0 Å². The average Bonchev–Trinajstić information content (AvgIpc) is 3.18. The zero-order valence-electron chi connectivity index (χ0n) is 16.6. The lowest BCUT2D eigenvalue weighted by atomic mass is 10.1. The van der Waals surface area contributed by atoms with Crippen LogP contribution in [0.4, 0.5) is 19.0 Å². The summed E-state index contributed by atoms with van der Waals surface area (Å²) in [5.41, 5.74) is 0.148. The van der Waals surface area contributed by atoms with Gasteiger partial charge < -0.3 is 14.5 Å². The standard InChI is InChI=1S/C20H19F3N6O2/c1-14-24-5-6-29(14)18-12-17(25-13-26-18)27-7-9-28(10-8-27)19(30)15-3-2-4-16(11-15)31-20(21,22)23/h2-6,11-13H,7-10H2,1H3. The van der Waals surface area contributed by atoms with Gasteiger partial charge in [0.25, 0.3) is 5.91 Å². The van der Waals surface area contributed by atoms with Crippen molar-refractivity contribution in [2.75, 3.05) is 31.1 Å². The Labute approximate surface area is 175 Å². The van der Waals surface area contributed by atoms with E-state index in [1.54, 1.807) is 11.1 Å². The molecule has 1 aliphatic rings. The molecule has 1 fully saturated rings. The minimum absolute atomic E-state index is 0.148. The van der Waals surface area contributed by atoms with Crippen molar-refractivity contribution < 1.29 is 22.7 Å². The number of carbonyl (C=O) groups is 1. The van der Waals surface area contributed by atoms with E-state index in [9.17, 15) is 18.0 Å². The number of benzene rings is 1. The van der Waals surface area contributed by atoms with Crippen LogP contribution < -0.4 is 9.64 Å². The Hall–Kier alpha value is -3.63.